The lowest BCUT2D eigenvalue weighted by molar-refractivity contribution is 0.521. The lowest BCUT2D eigenvalue weighted by atomic mass is 10.0. The molecule has 0 saturated heterocycles. The summed E-state index contributed by atoms with van der Waals surface area (Å²) in [5.41, 5.74) is 2.26. The molecular formula is C29H44N2O. The molecule has 0 saturated carbocycles. The van der Waals surface area contributed by atoms with Crippen LogP contribution < -0.4 is 0 Å². The number of hydrogen-bond acceptors (Lipinski definition) is 2. The molecule has 0 spiro atoms. The van der Waals surface area contributed by atoms with Crippen LogP contribution in [0, 0.1) is 0 Å². The number of aromatic nitrogens is 2. The van der Waals surface area contributed by atoms with Crippen LogP contribution >= 0.6 is 0 Å². The molecule has 1 aromatic carbocycles. The molecule has 3 nitrogen and oxygen atoms in total. The molecule has 3 aromatic rings. The molecule has 0 aliphatic heterocycles. The summed E-state index contributed by atoms with van der Waals surface area (Å²) in [5, 5.41) is 0. The number of furan rings is 1. The van der Waals surface area contributed by atoms with Gasteiger partial charge in [0.15, 0.2) is 11.6 Å². The van der Waals surface area contributed by atoms with Crippen LogP contribution in [0.5, 0.6) is 0 Å². The van der Waals surface area contributed by atoms with Crippen molar-refractivity contribution in [1.82, 2.24) is 9.55 Å². The predicted molar refractivity (Wildman–Crippen MR) is 137 cm³/mol. The molecular weight excluding hydrogens is 392 g/mol. The minimum atomic E-state index is 0.859. The second-order valence-corrected chi connectivity index (χ2v) is 9.36. The van der Waals surface area contributed by atoms with Crippen LogP contribution in [-0.4, -0.2) is 9.55 Å². The minimum absolute atomic E-state index is 0.859. The first-order valence-corrected chi connectivity index (χ1v) is 13.4. The highest BCUT2D eigenvalue weighted by molar-refractivity contribution is 5.79. The Bertz CT molecular complexity index is 849. The Labute approximate surface area is 195 Å². The minimum Gasteiger partial charge on any atom is -0.461 e. The molecule has 0 aliphatic carbocycles. The van der Waals surface area contributed by atoms with E-state index in [9.17, 15) is 0 Å². The fourth-order valence-corrected chi connectivity index (χ4v) is 4.71. The van der Waals surface area contributed by atoms with Crippen molar-refractivity contribution in [2.45, 2.75) is 116 Å². The molecule has 0 unspecified atom stereocenters. The monoisotopic (exact) mass is 436 g/mol. The van der Waals surface area contributed by atoms with Gasteiger partial charge in [0.2, 0.25) is 0 Å². The van der Waals surface area contributed by atoms with Crippen molar-refractivity contribution in [1.29, 1.82) is 0 Å². The van der Waals surface area contributed by atoms with Crippen LogP contribution in [0.25, 0.3) is 22.6 Å². The van der Waals surface area contributed by atoms with Gasteiger partial charge in [-0.1, -0.05) is 115 Å². The van der Waals surface area contributed by atoms with Crippen molar-refractivity contribution in [2.24, 2.45) is 0 Å². The predicted octanol–water partition coefficient (Wildman–Crippen LogP) is 9.56. The fraction of sp³-hybridized carbons (Fsp3) is 0.621. The number of nitrogens with zero attached hydrogens (tertiary/aromatic N) is 2. The number of aryl methyl sites for hydroxylation is 1. The van der Waals surface area contributed by atoms with E-state index in [0.717, 1.165) is 23.6 Å². The highest BCUT2D eigenvalue weighted by Gasteiger charge is 2.13. The second kappa shape index (κ2) is 14.9. The van der Waals surface area contributed by atoms with E-state index in [-0.39, 0.29) is 0 Å². The van der Waals surface area contributed by atoms with E-state index in [4.69, 9.17) is 9.40 Å². The maximum absolute atomic E-state index is 5.64. The van der Waals surface area contributed by atoms with Crippen LogP contribution in [0.3, 0.4) is 0 Å². The van der Waals surface area contributed by atoms with E-state index >= 15 is 0 Å². The summed E-state index contributed by atoms with van der Waals surface area (Å²) in [7, 11) is 0. The summed E-state index contributed by atoms with van der Waals surface area (Å²) in [6.45, 7) is 3.30. The van der Waals surface area contributed by atoms with Crippen molar-refractivity contribution in [3.8, 4) is 11.6 Å². The van der Waals surface area contributed by atoms with Gasteiger partial charge in [-0.3, -0.25) is 0 Å². The molecule has 0 fully saturated rings. The third-order valence-electron chi connectivity index (χ3n) is 6.63. The Morgan fingerprint density at radius 1 is 0.656 bits per heavy atom. The number of rotatable bonds is 18. The Balaban J connectivity index is 1.23. The number of imidazole rings is 1. The lowest BCUT2D eigenvalue weighted by Gasteiger charge is -2.08. The van der Waals surface area contributed by atoms with Crippen LogP contribution in [0.1, 0.15) is 110 Å². The van der Waals surface area contributed by atoms with Crippen molar-refractivity contribution in [3.05, 3.63) is 42.7 Å². The van der Waals surface area contributed by atoms with Gasteiger partial charge in [-0.15, -0.1) is 0 Å². The molecule has 0 atom stereocenters. The summed E-state index contributed by atoms with van der Waals surface area (Å²) < 4.78 is 7.97. The molecule has 2 aromatic heterocycles. The Morgan fingerprint density at radius 3 is 1.78 bits per heavy atom. The number of hydrogen-bond donors (Lipinski definition) is 0. The summed E-state index contributed by atoms with van der Waals surface area (Å²) in [6.07, 6.45) is 24.1. The van der Waals surface area contributed by atoms with Crippen LogP contribution in [0.4, 0.5) is 0 Å². The average molecular weight is 437 g/mol. The van der Waals surface area contributed by atoms with Gasteiger partial charge in [-0.05, 0) is 30.7 Å². The van der Waals surface area contributed by atoms with Gasteiger partial charge in [0.05, 0.1) is 17.3 Å². The first-order valence-electron chi connectivity index (χ1n) is 13.4. The van der Waals surface area contributed by atoms with Gasteiger partial charge in [0.1, 0.15) is 0 Å². The van der Waals surface area contributed by atoms with E-state index in [1.165, 1.54) is 108 Å². The molecule has 0 aliphatic rings. The Morgan fingerprint density at radius 2 is 1.22 bits per heavy atom. The maximum atomic E-state index is 5.64. The smallest absolute Gasteiger partial charge is 0.177 e. The molecule has 3 rings (SSSR count). The van der Waals surface area contributed by atoms with Crippen LogP contribution in [0.2, 0.25) is 0 Å². The van der Waals surface area contributed by atoms with Crippen LogP contribution in [0.15, 0.2) is 47.1 Å². The zero-order valence-corrected chi connectivity index (χ0v) is 20.4. The topological polar surface area (TPSA) is 31.0 Å². The van der Waals surface area contributed by atoms with E-state index in [1.807, 2.05) is 12.1 Å². The van der Waals surface area contributed by atoms with Gasteiger partial charge >= 0.3 is 0 Å². The molecule has 0 bridgehead atoms. The molecule has 2 heterocycles. The van der Waals surface area contributed by atoms with Gasteiger partial charge in [-0.25, -0.2) is 4.98 Å². The molecule has 0 amide bonds. The normalized spacial score (nSPS) is 11.5. The Hall–Kier alpha value is -2.03. The fourth-order valence-electron chi connectivity index (χ4n) is 4.71. The number of benzene rings is 1. The first-order chi connectivity index (χ1) is 15.9. The van der Waals surface area contributed by atoms with Crippen molar-refractivity contribution in [3.63, 3.8) is 0 Å². The highest BCUT2D eigenvalue weighted by atomic mass is 16.3. The van der Waals surface area contributed by atoms with E-state index < -0.39 is 0 Å². The average Bonchev–Trinajstić information content (AvgIpc) is 3.47. The van der Waals surface area contributed by atoms with E-state index in [0.29, 0.717) is 0 Å². The molecule has 3 heteroatoms. The standard InChI is InChI=1S/C29H44N2O/c1-2-3-4-5-6-7-8-9-10-11-12-13-14-15-16-19-24-31-27-22-18-17-21-26(27)30-29(31)28-23-20-25-32-28/h17-18,20-23,25H,2-16,19,24H2,1H3. The van der Waals surface area contributed by atoms with Crippen molar-refractivity contribution < 1.29 is 4.42 Å². The number of unbranched alkanes of at least 4 members (excludes halogenated alkanes) is 15. The molecule has 0 radical (unpaired) electrons. The van der Waals surface area contributed by atoms with Crippen LogP contribution in [-0.2, 0) is 6.54 Å². The molecule has 0 N–H and O–H groups in total. The summed E-state index contributed by atoms with van der Waals surface area (Å²) in [4.78, 5) is 4.82. The van der Waals surface area contributed by atoms with Crippen molar-refractivity contribution in [2.75, 3.05) is 0 Å². The highest BCUT2D eigenvalue weighted by Crippen LogP contribution is 2.26. The maximum Gasteiger partial charge on any atom is 0.177 e. The summed E-state index contributed by atoms with van der Waals surface area (Å²) in [6, 6.07) is 12.4. The largest absolute Gasteiger partial charge is 0.461 e. The second-order valence-electron chi connectivity index (χ2n) is 9.36. The van der Waals surface area contributed by atoms with E-state index in [1.54, 1.807) is 6.26 Å². The van der Waals surface area contributed by atoms with Crippen molar-refractivity contribution >= 4 is 11.0 Å². The van der Waals surface area contributed by atoms with Gasteiger partial charge in [-0.2, -0.15) is 0 Å². The van der Waals surface area contributed by atoms with E-state index in [2.05, 4.69) is 35.8 Å². The number of para-hydroxylation sites is 2. The van der Waals surface area contributed by atoms with Gasteiger partial charge in [0.25, 0.3) is 0 Å². The summed E-state index contributed by atoms with van der Waals surface area (Å²) >= 11 is 0. The quantitative estimate of drug-likeness (QED) is 0.186. The zero-order chi connectivity index (χ0) is 22.3. The molecule has 176 valence electrons. The van der Waals surface area contributed by atoms with Gasteiger partial charge < -0.3 is 8.98 Å². The SMILES string of the molecule is CCCCCCCCCCCCCCCCCCn1c(-c2ccco2)nc2ccccc21. The zero-order valence-electron chi connectivity index (χ0n) is 20.4. The third-order valence-corrected chi connectivity index (χ3v) is 6.63. The Kier molecular flexibility index (Phi) is 11.5. The molecule has 32 heavy (non-hydrogen) atoms. The first kappa shape index (κ1) is 24.6. The van der Waals surface area contributed by atoms with Gasteiger partial charge in [0, 0.05) is 6.54 Å². The number of fused-ring (bicyclic) bond motifs is 1. The third kappa shape index (κ3) is 8.15. The lowest BCUT2D eigenvalue weighted by Crippen LogP contribution is -2.00. The summed E-state index contributed by atoms with van der Waals surface area (Å²) in [5.74, 6) is 1.81.